The van der Waals surface area contributed by atoms with Crippen LogP contribution in [-0.4, -0.2) is 18.4 Å². The number of hydrogen-bond donors (Lipinski definition) is 2. The average Bonchev–Trinajstić information content (AvgIpc) is 2.57. The standard InChI is InChI=1S/C18H17FN2O2/c1-2-20-18(23)16(12-13-8-10-15(19)11-9-13)21-17(22)14-6-4-3-5-7-14/h3-12H,2H2,1H3,(H,20,23)(H,21,22)/b16-12+. The largest absolute Gasteiger partial charge is 0.351 e. The Bertz CT molecular complexity index is 710. The molecule has 2 rings (SSSR count). The Morgan fingerprint density at radius 1 is 1.04 bits per heavy atom. The van der Waals surface area contributed by atoms with Crippen LogP contribution in [0.4, 0.5) is 4.39 Å². The summed E-state index contributed by atoms with van der Waals surface area (Å²) in [6.45, 7) is 2.22. The number of carbonyl (C=O) groups excluding carboxylic acids is 2. The number of carbonyl (C=O) groups is 2. The molecule has 0 aliphatic heterocycles. The van der Waals surface area contributed by atoms with Crippen molar-refractivity contribution in [2.24, 2.45) is 0 Å². The van der Waals surface area contributed by atoms with E-state index in [0.29, 0.717) is 17.7 Å². The van der Waals surface area contributed by atoms with Gasteiger partial charge in [-0.15, -0.1) is 0 Å². The summed E-state index contributed by atoms with van der Waals surface area (Å²) in [4.78, 5) is 24.3. The van der Waals surface area contributed by atoms with Gasteiger partial charge in [-0.2, -0.15) is 0 Å². The third kappa shape index (κ3) is 4.78. The smallest absolute Gasteiger partial charge is 0.267 e. The summed E-state index contributed by atoms with van der Waals surface area (Å²) in [5.41, 5.74) is 1.16. The van der Waals surface area contributed by atoms with E-state index in [1.54, 1.807) is 37.3 Å². The maximum atomic E-state index is 13.0. The average molecular weight is 312 g/mol. The first-order chi connectivity index (χ1) is 11.1. The summed E-state index contributed by atoms with van der Waals surface area (Å²) in [5.74, 6) is -1.15. The first kappa shape index (κ1) is 16.4. The molecule has 0 unspecified atom stereocenters. The summed E-state index contributed by atoms with van der Waals surface area (Å²) in [7, 11) is 0. The zero-order chi connectivity index (χ0) is 16.7. The van der Waals surface area contributed by atoms with Crippen LogP contribution in [0.15, 0.2) is 60.3 Å². The molecule has 23 heavy (non-hydrogen) atoms. The first-order valence-corrected chi connectivity index (χ1v) is 7.22. The van der Waals surface area contributed by atoms with Gasteiger partial charge in [-0.1, -0.05) is 30.3 Å². The molecule has 0 spiro atoms. The fourth-order valence-electron chi connectivity index (χ4n) is 1.92. The fraction of sp³-hybridized carbons (Fsp3) is 0.111. The van der Waals surface area contributed by atoms with Gasteiger partial charge in [0.05, 0.1) is 0 Å². The minimum Gasteiger partial charge on any atom is -0.351 e. The first-order valence-electron chi connectivity index (χ1n) is 7.22. The van der Waals surface area contributed by atoms with E-state index in [2.05, 4.69) is 10.6 Å². The number of halogens is 1. The molecular weight excluding hydrogens is 295 g/mol. The lowest BCUT2D eigenvalue weighted by Gasteiger charge is -2.10. The van der Waals surface area contributed by atoms with Gasteiger partial charge in [-0.05, 0) is 42.8 Å². The van der Waals surface area contributed by atoms with Gasteiger partial charge in [-0.25, -0.2) is 4.39 Å². The number of amides is 2. The van der Waals surface area contributed by atoms with Crippen LogP contribution in [0.1, 0.15) is 22.8 Å². The Kier molecular flexibility index (Phi) is 5.63. The van der Waals surface area contributed by atoms with Gasteiger partial charge in [0.2, 0.25) is 0 Å². The molecule has 0 atom stereocenters. The predicted octanol–water partition coefficient (Wildman–Crippen LogP) is 2.73. The molecule has 0 saturated heterocycles. The monoisotopic (exact) mass is 312 g/mol. The lowest BCUT2D eigenvalue weighted by molar-refractivity contribution is -0.117. The van der Waals surface area contributed by atoms with Crippen molar-refractivity contribution in [1.82, 2.24) is 10.6 Å². The second-order valence-corrected chi connectivity index (χ2v) is 4.79. The van der Waals surface area contributed by atoms with Gasteiger partial charge >= 0.3 is 0 Å². The van der Waals surface area contributed by atoms with Crippen molar-refractivity contribution in [2.75, 3.05) is 6.54 Å². The third-order valence-electron chi connectivity index (χ3n) is 3.05. The van der Waals surface area contributed by atoms with Crippen LogP contribution in [0.2, 0.25) is 0 Å². The van der Waals surface area contributed by atoms with Gasteiger partial charge in [0.25, 0.3) is 11.8 Å². The molecule has 0 heterocycles. The number of benzene rings is 2. The Morgan fingerprint density at radius 2 is 1.70 bits per heavy atom. The number of likely N-dealkylation sites (N-methyl/N-ethyl adjacent to an activating group) is 1. The van der Waals surface area contributed by atoms with E-state index < -0.39 is 5.91 Å². The summed E-state index contributed by atoms with van der Waals surface area (Å²) in [5, 5.41) is 5.24. The minimum absolute atomic E-state index is 0.104. The summed E-state index contributed by atoms with van der Waals surface area (Å²) >= 11 is 0. The van der Waals surface area contributed by atoms with Crippen LogP contribution >= 0.6 is 0 Å². The molecule has 0 aromatic heterocycles. The molecule has 0 saturated carbocycles. The summed E-state index contributed by atoms with van der Waals surface area (Å²) < 4.78 is 13.0. The molecule has 5 heteroatoms. The molecule has 2 aromatic carbocycles. The number of nitrogens with one attached hydrogen (secondary N) is 2. The molecule has 4 nitrogen and oxygen atoms in total. The van der Waals surface area contributed by atoms with Crippen LogP contribution in [-0.2, 0) is 4.79 Å². The van der Waals surface area contributed by atoms with E-state index in [0.717, 1.165) is 0 Å². The van der Waals surface area contributed by atoms with Crippen molar-refractivity contribution in [3.8, 4) is 0 Å². The van der Waals surface area contributed by atoms with Gasteiger partial charge in [0, 0.05) is 12.1 Å². The second-order valence-electron chi connectivity index (χ2n) is 4.79. The van der Waals surface area contributed by atoms with Gasteiger partial charge in [0.1, 0.15) is 11.5 Å². The molecular formula is C18H17FN2O2. The van der Waals surface area contributed by atoms with Crippen LogP contribution < -0.4 is 10.6 Å². The highest BCUT2D eigenvalue weighted by atomic mass is 19.1. The van der Waals surface area contributed by atoms with E-state index in [-0.39, 0.29) is 17.4 Å². The number of hydrogen-bond acceptors (Lipinski definition) is 2. The van der Waals surface area contributed by atoms with Crippen molar-refractivity contribution in [1.29, 1.82) is 0 Å². The van der Waals surface area contributed by atoms with Gasteiger partial charge in [0.15, 0.2) is 0 Å². The zero-order valence-electron chi connectivity index (χ0n) is 12.7. The summed E-state index contributed by atoms with van der Waals surface area (Å²) in [6, 6.07) is 14.2. The van der Waals surface area contributed by atoms with Crippen LogP contribution in [0.3, 0.4) is 0 Å². The van der Waals surface area contributed by atoms with Crippen LogP contribution in [0.5, 0.6) is 0 Å². The third-order valence-corrected chi connectivity index (χ3v) is 3.05. The number of rotatable bonds is 5. The van der Waals surface area contributed by atoms with Crippen molar-refractivity contribution in [3.63, 3.8) is 0 Å². The lowest BCUT2D eigenvalue weighted by atomic mass is 10.1. The quantitative estimate of drug-likeness (QED) is 0.834. The molecule has 0 aliphatic carbocycles. The predicted molar refractivity (Wildman–Crippen MR) is 87.0 cm³/mol. The lowest BCUT2D eigenvalue weighted by Crippen LogP contribution is -2.34. The highest BCUT2D eigenvalue weighted by molar-refractivity contribution is 6.05. The molecule has 2 aromatic rings. The normalized spacial score (nSPS) is 11.0. The Labute approximate surface area is 134 Å². The highest BCUT2D eigenvalue weighted by Crippen LogP contribution is 2.08. The molecule has 0 aliphatic rings. The Morgan fingerprint density at radius 3 is 2.30 bits per heavy atom. The zero-order valence-corrected chi connectivity index (χ0v) is 12.7. The van der Waals surface area contributed by atoms with Crippen molar-refractivity contribution < 1.29 is 14.0 Å². The topological polar surface area (TPSA) is 58.2 Å². The van der Waals surface area contributed by atoms with Gasteiger partial charge < -0.3 is 10.6 Å². The van der Waals surface area contributed by atoms with Crippen molar-refractivity contribution in [3.05, 3.63) is 77.2 Å². The molecule has 0 fully saturated rings. The molecule has 0 radical (unpaired) electrons. The Hall–Kier alpha value is -2.95. The van der Waals surface area contributed by atoms with Crippen molar-refractivity contribution >= 4 is 17.9 Å². The maximum absolute atomic E-state index is 13.0. The van der Waals surface area contributed by atoms with E-state index in [9.17, 15) is 14.0 Å². The SMILES string of the molecule is CCNC(=O)/C(=C\c1ccc(F)cc1)NC(=O)c1ccccc1. The summed E-state index contributed by atoms with van der Waals surface area (Å²) in [6.07, 6.45) is 1.51. The van der Waals surface area contributed by atoms with Crippen molar-refractivity contribution in [2.45, 2.75) is 6.92 Å². The fourth-order valence-corrected chi connectivity index (χ4v) is 1.92. The molecule has 0 bridgehead atoms. The van der Waals surface area contributed by atoms with Crippen LogP contribution in [0, 0.1) is 5.82 Å². The van der Waals surface area contributed by atoms with E-state index >= 15 is 0 Å². The minimum atomic E-state index is -0.402. The van der Waals surface area contributed by atoms with Gasteiger partial charge in [-0.3, -0.25) is 9.59 Å². The second kappa shape index (κ2) is 7.89. The molecule has 2 N–H and O–H groups in total. The highest BCUT2D eigenvalue weighted by Gasteiger charge is 2.13. The Balaban J connectivity index is 2.25. The van der Waals surface area contributed by atoms with Crippen LogP contribution in [0.25, 0.3) is 6.08 Å². The molecule has 2 amide bonds. The van der Waals surface area contributed by atoms with E-state index in [4.69, 9.17) is 0 Å². The van der Waals surface area contributed by atoms with E-state index in [1.807, 2.05) is 0 Å². The maximum Gasteiger partial charge on any atom is 0.267 e. The van der Waals surface area contributed by atoms with E-state index in [1.165, 1.54) is 30.3 Å². The molecule has 118 valence electrons.